The molecule has 1 aliphatic carbocycles. The van der Waals surface area contributed by atoms with Crippen molar-refractivity contribution in [2.75, 3.05) is 0 Å². The van der Waals surface area contributed by atoms with Crippen molar-refractivity contribution in [3.8, 4) is 0 Å². The van der Waals surface area contributed by atoms with Crippen LogP contribution in [-0.2, 0) is 11.7 Å². The molecular weight excluding hydrogens is 393 g/mol. The van der Waals surface area contributed by atoms with Crippen molar-refractivity contribution in [2.45, 2.75) is 37.8 Å². The van der Waals surface area contributed by atoms with Gasteiger partial charge in [0.05, 0.1) is 0 Å². The molecular formula is C18H33Cl2NOSiTi. The van der Waals surface area contributed by atoms with E-state index in [1.165, 1.54) is 3.88 Å². The Morgan fingerprint density at radius 3 is 1.88 bits per heavy atom. The maximum atomic E-state index is 12.9. The zero-order valence-corrected chi connectivity index (χ0v) is 18.1. The van der Waals surface area contributed by atoms with E-state index < -0.39 is 11.7 Å². The van der Waals surface area contributed by atoms with Gasteiger partial charge in [0.25, 0.3) is 0 Å². The number of halogens is 2. The van der Waals surface area contributed by atoms with E-state index in [0.717, 1.165) is 6.42 Å². The summed E-state index contributed by atoms with van der Waals surface area (Å²) >= 11 is -4.78. The van der Waals surface area contributed by atoms with Gasteiger partial charge >= 0.3 is 122 Å². The fourth-order valence-electron chi connectivity index (χ4n) is 3.13. The molecule has 0 fully saturated rings. The molecule has 2 nitrogen and oxygen atoms in total. The first-order chi connectivity index (χ1) is 9.03. The third-order valence-electron chi connectivity index (χ3n) is 4.82. The van der Waals surface area contributed by atoms with Crippen LogP contribution in [0.3, 0.4) is 0 Å². The molecule has 138 valence electrons. The summed E-state index contributed by atoms with van der Waals surface area (Å²) in [5.74, 6) is 0.00315. The molecule has 0 spiro atoms. The van der Waals surface area contributed by atoms with E-state index in [4.69, 9.17) is 0 Å². The zero-order valence-electron chi connectivity index (χ0n) is 15.0. The van der Waals surface area contributed by atoms with Gasteiger partial charge in [-0.25, -0.2) is 0 Å². The minimum Gasteiger partial charge on any atom is -1.00 e. The number of allylic oxidation sites excluding steroid dienone is 4. The summed E-state index contributed by atoms with van der Waals surface area (Å²) < 4.78 is 4.88. The van der Waals surface area contributed by atoms with Gasteiger partial charge in [-0.3, -0.25) is 0 Å². The van der Waals surface area contributed by atoms with Gasteiger partial charge in [-0.1, -0.05) is 0 Å². The Kier molecular flexibility index (Phi) is 5.28. The molecule has 0 bridgehead atoms. The van der Waals surface area contributed by atoms with Gasteiger partial charge < -0.3 is 24.8 Å². The van der Waals surface area contributed by atoms with Gasteiger partial charge in [0.15, 0.2) is 0 Å². The number of rotatable bonds is 3. The molecule has 24 heavy (non-hydrogen) atoms. The minimum atomic E-state index is -4.78. The monoisotopic (exact) mass is 425 g/mol. The second-order valence-corrected chi connectivity index (χ2v) is 48.3. The van der Waals surface area contributed by atoms with Crippen molar-refractivity contribution in [1.82, 2.24) is 3.80 Å². The van der Waals surface area contributed by atoms with Crippen LogP contribution in [0.5, 0.6) is 0 Å². The first-order valence-electron chi connectivity index (χ1n) is 7.83. The molecule has 0 aromatic heterocycles. The summed E-state index contributed by atoms with van der Waals surface area (Å²) in [5.41, 5.74) is 0.710. The van der Waals surface area contributed by atoms with Crippen LogP contribution in [0.25, 0.3) is 0 Å². The van der Waals surface area contributed by atoms with Gasteiger partial charge in [-0.15, -0.1) is 0 Å². The van der Waals surface area contributed by atoms with Crippen LogP contribution < -0.4 is 28.6 Å². The molecule has 1 aromatic carbocycles. The maximum Gasteiger partial charge on any atom is -0.0149 e. The minimum absolute atomic E-state index is 0. The Hall–Kier alpha value is -0.319. The molecule has 0 unspecified atom stereocenters. The summed E-state index contributed by atoms with van der Waals surface area (Å²) in [4.78, 5) is 12.9. The van der Waals surface area contributed by atoms with Gasteiger partial charge in [0, 0.05) is 0 Å². The van der Waals surface area contributed by atoms with Gasteiger partial charge in [-0.05, 0) is 11.0 Å². The molecule has 2 rings (SSSR count). The molecule has 0 heterocycles. The van der Waals surface area contributed by atoms with Crippen molar-refractivity contribution >= 4 is 16.9 Å². The van der Waals surface area contributed by atoms with Crippen molar-refractivity contribution in [2.24, 2.45) is 0 Å². The van der Waals surface area contributed by atoms with Gasteiger partial charge in [0.2, 0.25) is 0 Å². The number of carbonyl (C=O) groups excluding carboxylic acids is 1. The largest absolute Gasteiger partial charge is 1.00 e. The molecule has 1 aliphatic rings. The van der Waals surface area contributed by atoms with E-state index in [0.29, 0.717) is 5.56 Å². The number of hydrogen-bond acceptors (Lipinski definition) is 1. The van der Waals surface area contributed by atoms with E-state index in [1.807, 2.05) is 30.3 Å². The molecule has 1 aromatic rings. The molecule has 1 amide bonds. The average Bonchev–Trinajstić information content (AvgIpc) is 2.82. The van der Waals surface area contributed by atoms with Crippen molar-refractivity contribution in [1.29, 1.82) is 0 Å². The van der Waals surface area contributed by atoms with Crippen LogP contribution in [0, 0.1) is 0 Å². The number of benzene rings is 1. The SMILES string of the molecule is [CH3][Ti+2]([CH3])([CH3])([CH3])([CH3])([CH3])([NH]C(=O)c1ccccc1)[C]1=CC=CC1.[Cl-].[Cl-].[SiH4]. The van der Waals surface area contributed by atoms with Gasteiger partial charge in [0.1, 0.15) is 0 Å². The van der Waals surface area contributed by atoms with Crippen LogP contribution in [0.4, 0.5) is 0 Å². The topological polar surface area (TPSA) is 29.1 Å². The van der Waals surface area contributed by atoms with E-state index in [2.05, 4.69) is 53.4 Å². The summed E-state index contributed by atoms with van der Waals surface area (Å²) in [6.45, 7) is 0. The zero-order chi connectivity index (χ0) is 16.2. The Bertz CT molecular complexity index is 725. The predicted octanol–water partition coefficient (Wildman–Crippen LogP) is -1.68. The Labute approximate surface area is 157 Å². The maximum absolute atomic E-state index is 12.9. The summed E-state index contributed by atoms with van der Waals surface area (Å²) in [6.07, 6.45) is 7.35. The summed E-state index contributed by atoms with van der Waals surface area (Å²) in [5, 5.41) is 13.7. The van der Waals surface area contributed by atoms with E-state index in [-0.39, 0.29) is 41.7 Å². The third kappa shape index (κ3) is 5.34. The fraction of sp³-hybridized carbons (Fsp3) is 0.389. The standard InChI is InChI=1S/C7H7NO.C5H5.6CH3.2ClH.H4Si.Ti/c8-7(9)6-4-2-1-3-5-6;1-2-4-5-3-1;;;;;;;;;;/h1-5H,(H2,8,9);1-3H,4H2;6*1H3;2*1H;1H4;/q;;;;;;;;;;;+3/p-3. The Morgan fingerprint density at radius 2 is 1.46 bits per heavy atom. The van der Waals surface area contributed by atoms with Crippen LogP contribution in [-0.4, -0.2) is 16.9 Å². The second-order valence-electron chi connectivity index (χ2n) is 13.8. The smallest absolute Gasteiger partial charge is 0.0149 e. The predicted molar refractivity (Wildman–Crippen MR) is 102 cm³/mol. The van der Waals surface area contributed by atoms with E-state index in [1.54, 1.807) is 0 Å². The van der Waals surface area contributed by atoms with Gasteiger partial charge in [-0.2, -0.15) is 0 Å². The average molecular weight is 426 g/mol. The first-order valence-corrected chi connectivity index (χ1v) is 18.8. The third-order valence-corrected chi connectivity index (χ3v) is 14.8. The second kappa shape index (κ2) is 4.89. The molecule has 0 radical (unpaired) electrons. The molecule has 0 atom stereocenters. The molecule has 0 saturated heterocycles. The molecule has 1 N–H and O–H groups in total. The molecule has 0 aliphatic heterocycles. The van der Waals surface area contributed by atoms with Crippen molar-refractivity contribution in [3.63, 3.8) is 0 Å². The molecule has 6 heteroatoms. The molecule has 0 saturated carbocycles. The van der Waals surface area contributed by atoms with Crippen LogP contribution in [0.2, 0.25) is 31.4 Å². The normalized spacial score (nSPS) is 19.5. The number of carbonyl (C=O) groups is 1. The summed E-state index contributed by atoms with van der Waals surface area (Å²) in [7, 11) is 0. The number of nitrogens with one attached hydrogen (secondary N) is 1. The number of hydrogen-bond donors (Lipinski definition) is 1. The quantitative estimate of drug-likeness (QED) is 0.575. The van der Waals surface area contributed by atoms with E-state index >= 15 is 0 Å². The first kappa shape index (κ1) is 25.9. The van der Waals surface area contributed by atoms with Crippen molar-refractivity contribution in [3.05, 3.63) is 58.0 Å². The summed E-state index contributed by atoms with van der Waals surface area (Å²) in [6, 6.07) is 9.46. The fourth-order valence-corrected chi connectivity index (χ4v) is 10.0. The number of amides is 1. The van der Waals surface area contributed by atoms with Crippen LogP contribution in [0.15, 0.2) is 52.4 Å². The Morgan fingerprint density at radius 1 is 0.958 bits per heavy atom. The Balaban J connectivity index is 0. The van der Waals surface area contributed by atoms with Crippen LogP contribution in [0.1, 0.15) is 16.8 Å². The van der Waals surface area contributed by atoms with E-state index in [9.17, 15) is 4.79 Å². The van der Waals surface area contributed by atoms with Crippen LogP contribution >= 0.6 is 0 Å². The van der Waals surface area contributed by atoms with Crippen molar-refractivity contribution < 1.29 is 41.3 Å².